The van der Waals surface area contributed by atoms with E-state index in [1.54, 1.807) is 0 Å². The Morgan fingerprint density at radius 3 is 2.83 bits per heavy atom. The van der Waals surface area contributed by atoms with E-state index in [1.807, 2.05) is 31.2 Å². The van der Waals surface area contributed by atoms with Crippen LogP contribution in [0.3, 0.4) is 0 Å². The SMILES string of the molecule is Cc1cccc(NCC(=O)N/N=C\c2cc(O)ccc2[N+](=O)[O-])c1. The molecular formula is C16H16N4O4. The number of nitrogens with one attached hydrogen (secondary N) is 2. The highest BCUT2D eigenvalue weighted by Gasteiger charge is 2.12. The van der Waals surface area contributed by atoms with Crippen molar-refractivity contribution in [3.63, 3.8) is 0 Å². The molecular weight excluding hydrogens is 312 g/mol. The number of nitro groups is 1. The minimum Gasteiger partial charge on any atom is -0.508 e. The van der Waals surface area contributed by atoms with Crippen molar-refractivity contribution in [2.24, 2.45) is 5.10 Å². The quantitative estimate of drug-likeness (QED) is 0.427. The van der Waals surface area contributed by atoms with Crippen LogP contribution in [0.25, 0.3) is 0 Å². The number of hydrazone groups is 1. The maximum Gasteiger partial charge on any atom is 0.278 e. The van der Waals surface area contributed by atoms with E-state index in [2.05, 4.69) is 15.8 Å². The number of aryl methyl sites for hydroxylation is 1. The topological polar surface area (TPSA) is 117 Å². The van der Waals surface area contributed by atoms with Crippen molar-refractivity contribution in [2.75, 3.05) is 11.9 Å². The third-order valence-electron chi connectivity index (χ3n) is 3.07. The number of nitro benzene ring substituents is 1. The Kier molecular flexibility index (Phi) is 5.45. The molecule has 0 unspecified atom stereocenters. The van der Waals surface area contributed by atoms with Gasteiger partial charge in [-0.05, 0) is 36.8 Å². The van der Waals surface area contributed by atoms with Crippen LogP contribution >= 0.6 is 0 Å². The number of hydrogen-bond acceptors (Lipinski definition) is 6. The predicted molar refractivity (Wildman–Crippen MR) is 90.2 cm³/mol. The molecule has 24 heavy (non-hydrogen) atoms. The van der Waals surface area contributed by atoms with Crippen LogP contribution in [0.4, 0.5) is 11.4 Å². The summed E-state index contributed by atoms with van der Waals surface area (Å²) in [5.74, 6) is -0.537. The standard InChI is InChI=1S/C16H16N4O4/c1-11-3-2-4-13(7-11)17-10-16(22)19-18-9-12-8-14(21)5-6-15(12)20(23)24/h2-9,17,21H,10H2,1H3,(H,19,22)/b18-9-. The fourth-order valence-electron chi connectivity index (χ4n) is 1.96. The first-order valence-electron chi connectivity index (χ1n) is 7.05. The van der Waals surface area contributed by atoms with Gasteiger partial charge in [0, 0.05) is 11.8 Å². The molecule has 3 N–H and O–H groups in total. The minimum absolute atomic E-state index is 0.00290. The van der Waals surface area contributed by atoms with Crippen LogP contribution in [-0.4, -0.2) is 28.7 Å². The van der Waals surface area contributed by atoms with Gasteiger partial charge in [-0.15, -0.1) is 0 Å². The number of carbonyl (C=O) groups is 1. The highest BCUT2D eigenvalue weighted by Crippen LogP contribution is 2.21. The Bertz CT molecular complexity index is 789. The van der Waals surface area contributed by atoms with Crippen molar-refractivity contribution in [1.82, 2.24) is 5.43 Å². The first-order chi connectivity index (χ1) is 11.5. The van der Waals surface area contributed by atoms with Crippen LogP contribution in [-0.2, 0) is 4.79 Å². The van der Waals surface area contributed by atoms with Gasteiger partial charge in [-0.2, -0.15) is 5.10 Å². The molecule has 0 spiro atoms. The lowest BCUT2D eigenvalue weighted by Gasteiger charge is -2.05. The van der Waals surface area contributed by atoms with Gasteiger partial charge in [0.2, 0.25) is 0 Å². The van der Waals surface area contributed by atoms with E-state index in [0.717, 1.165) is 23.5 Å². The number of hydrogen-bond donors (Lipinski definition) is 3. The summed E-state index contributed by atoms with van der Waals surface area (Å²) >= 11 is 0. The predicted octanol–water partition coefficient (Wildman–Crippen LogP) is 2.17. The second-order valence-electron chi connectivity index (χ2n) is 5.02. The molecule has 0 aliphatic carbocycles. The van der Waals surface area contributed by atoms with E-state index in [0.29, 0.717) is 0 Å². The van der Waals surface area contributed by atoms with Crippen molar-refractivity contribution in [3.05, 3.63) is 63.7 Å². The number of nitrogens with zero attached hydrogens (tertiary/aromatic N) is 2. The third-order valence-corrected chi connectivity index (χ3v) is 3.07. The van der Waals surface area contributed by atoms with E-state index >= 15 is 0 Å². The molecule has 1 amide bonds. The molecule has 0 aromatic heterocycles. The molecule has 124 valence electrons. The van der Waals surface area contributed by atoms with Gasteiger partial charge in [-0.3, -0.25) is 14.9 Å². The minimum atomic E-state index is -0.595. The van der Waals surface area contributed by atoms with Gasteiger partial charge in [0.25, 0.3) is 11.6 Å². The van der Waals surface area contributed by atoms with Gasteiger partial charge in [0.1, 0.15) is 5.75 Å². The summed E-state index contributed by atoms with van der Waals surface area (Å²) in [7, 11) is 0. The Morgan fingerprint density at radius 1 is 1.33 bits per heavy atom. The van der Waals surface area contributed by atoms with Gasteiger partial charge in [-0.25, -0.2) is 5.43 Å². The normalized spacial score (nSPS) is 10.5. The molecule has 0 heterocycles. The molecule has 2 aromatic carbocycles. The Hall–Kier alpha value is -3.42. The highest BCUT2D eigenvalue weighted by atomic mass is 16.6. The van der Waals surface area contributed by atoms with Crippen LogP contribution < -0.4 is 10.7 Å². The summed E-state index contributed by atoms with van der Waals surface area (Å²) in [5, 5.41) is 26.9. The smallest absolute Gasteiger partial charge is 0.278 e. The number of amides is 1. The zero-order valence-electron chi connectivity index (χ0n) is 12.9. The highest BCUT2D eigenvalue weighted by molar-refractivity contribution is 5.88. The van der Waals surface area contributed by atoms with E-state index in [-0.39, 0.29) is 23.5 Å². The summed E-state index contributed by atoms with van der Waals surface area (Å²) in [6.45, 7) is 1.95. The fourth-order valence-corrected chi connectivity index (χ4v) is 1.96. The van der Waals surface area contributed by atoms with Crippen LogP contribution in [0, 0.1) is 17.0 Å². The largest absolute Gasteiger partial charge is 0.508 e. The Labute approximate surface area is 138 Å². The maximum atomic E-state index is 11.7. The number of anilines is 1. The summed E-state index contributed by atoms with van der Waals surface area (Å²) in [4.78, 5) is 22.0. The fraction of sp³-hybridized carbons (Fsp3) is 0.125. The second kappa shape index (κ2) is 7.73. The first-order valence-corrected chi connectivity index (χ1v) is 7.05. The number of phenols is 1. The molecule has 2 rings (SSSR count). The van der Waals surface area contributed by atoms with E-state index in [4.69, 9.17) is 0 Å². The summed E-state index contributed by atoms with van der Waals surface area (Å²) in [6.07, 6.45) is 1.11. The van der Waals surface area contributed by atoms with Crippen molar-refractivity contribution >= 4 is 23.5 Å². The van der Waals surface area contributed by atoms with Crippen LogP contribution in [0.1, 0.15) is 11.1 Å². The summed E-state index contributed by atoms with van der Waals surface area (Å²) in [5.41, 5.74) is 4.00. The van der Waals surface area contributed by atoms with Crippen LogP contribution in [0.2, 0.25) is 0 Å². The van der Waals surface area contributed by atoms with Crippen molar-refractivity contribution < 1.29 is 14.8 Å². The number of phenolic OH excluding ortho intramolecular Hbond substituents is 1. The molecule has 0 saturated carbocycles. The zero-order chi connectivity index (χ0) is 17.5. The van der Waals surface area contributed by atoms with Crippen molar-refractivity contribution in [1.29, 1.82) is 0 Å². The van der Waals surface area contributed by atoms with Gasteiger partial charge < -0.3 is 10.4 Å². The monoisotopic (exact) mass is 328 g/mol. The Balaban J connectivity index is 1.93. The molecule has 8 nitrogen and oxygen atoms in total. The zero-order valence-corrected chi connectivity index (χ0v) is 12.9. The van der Waals surface area contributed by atoms with Crippen molar-refractivity contribution in [2.45, 2.75) is 6.92 Å². The van der Waals surface area contributed by atoms with Crippen LogP contribution in [0.15, 0.2) is 47.6 Å². The van der Waals surface area contributed by atoms with E-state index in [1.165, 1.54) is 12.1 Å². The van der Waals surface area contributed by atoms with Gasteiger partial charge >= 0.3 is 0 Å². The van der Waals surface area contributed by atoms with Crippen molar-refractivity contribution in [3.8, 4) is 5.75 Å². The molecule has 0 fully saturated rings. The first kappa shape index (κ1) is 16.9. The average molecular weight is 328 g/mol. The number of aromatic hydroxyl groups is 1. The molecule has 8 heteroatoms. The van der Waals surface area contributed by atoms with Gasteiger partial charge in [0.15, 0.2) is 0 Å². The lowest BCUT2D eigenvalue weighted by atomic mass is 10.2. The maximum absolute atomic E-state index is 11.7. The third kappa shape index (κ3) is 4.80. The molecule has 0 aliphatic rings. The van der Waals surface area contributed by atoms with Gasteiger partial charge in [0.05, 0.1) is 23.2 Å². The van der Waals surface area contributed by atoms with E-state index < -0.39 is 10.8 Å². The molecule has 2 aromatic rings. The molecule has 0 radical (unpaired) electrons. The lowest BCUT2D eigenvalue weighted by Crippen LogP contribution is -2.25. The average Bonchev–Trinajstić information content (AvgIpc) is 2.53. The summed E-state index contributed by atoms with van der Waals surface area (Å²) < 4.78 is 0. The van der Waals surface area contributed by atoms with Gasteiger partial charge in [-0.1, -0.05) is 12.1 Å². The number of benzene rings is 2. The number of carbonyl (C=O) groups excluding carboxylic acids is 1. The van der Waals surface area contributed by atoms with E-state index in [9.17, 15) is 20.0 Å². The summed E-state index contributed by atoms with van der Waals surface area (Å²) in [6, 6.07) is 11.1. The number of rotatable bonds is 6. The van der Waals surface area contributed by atoms with Crippen LogP contribution in [0.5, 0.6) is 5.75 Å². The lowest BCUT2D eigenvalue weighted by molar-refractivity contribution is -0.385. The molecule has 0 atom stereocenters. The Morgan fingerprint density at radius 2 is 2.12 bits per heavy atom. The molecule has 0 bridgehead atoms. The molecule has 0 aliphatic heterocycles. The second-order valence-corrected chi connectivity index (χ2v) is 5.02. The molecule has 0 saturated heterocycles.